The summed E-state index contributed by atoms with van der Waals surface area (Å²) in [4.78, 5) is 30.9. The average molecular weight is 294 g/mol. The molecular weight excluding hydrogens is 268 g/mol. The van der Waals surface area contributed by atoms with Crippen LogP contribution in [0.25, 0.3) is 0 Å². The van der Waals surface area contributed by atoms with Gasteiger partial charge in [0.2, 0.25) is 0 Å². The van der Waals surface area contributed by atoms with Crippen LogP contribution < -0.4 is 5.32 Å². The molecule has 3 fully saturated rings. The Hall–Kier alpha value is -1.14. The highest BCUT2D eigenvalue weighted by molar-refractivity contribution is 6.34. The molecule has 0 aromatic rings. The standard InChI is InChI=1S/C15H26N4O2/c1-17-12-3-4-13(17)11-19(9-5-12)15(21)14(20)18-8-2-6-16-7-10-18/h12-13,16H,2-11H2,1H3. The number of amides is 2. The quantitative estimate of drug-likeness (QED) is 0.612. The third-order valence-corrected chi connectivity index (χ3v) is 5.25. The second-order valence-corrected chi connectivity index (χ2v) is 6.49. The van der Waals surface area contributed by atoms with E-state index in [0.29, 0.717) is 31.7 Å². The van der Waals surface area contributed by atoms with Gasteiger partial charge in [0.15, 0.2) is 0 Å². The van der Waals surface area contributed by atoms with Gasteiger partial charge in [0.25, 0.3) is 0 Å². The van der Waals surface area contributed by atoms with Crippen molar-refractivity contribution in [1.82, 2.24) is 20.0 Å². The van der Waals surface area contributed by atoms with Crippen LogP contribution in [0.5, 0.6) is 0 Å². The van der Waals surface area contributed by atoms with Crippen molar-refractivity contribution in [2.24, 2.45) is 0 Å². The number of hydrogen-bond acceptors (Lipinski definition) is 4. The molecule has 0 aromatic heterocycles. The summed E-state index contributed by atoms with van der Waals surface area (Å²) in [5.74, 6) is -0.600. The van der Waals surface area contributed by atoms with Crippen LogP contribution in [0, 0.1) is 0 Å². The van der Waals surface area contributed by atoms with E-state index in [0.717, 1.165) is 38.9 Å². The summed E-state index contributed by atoms with van der Waals surface area (Å²) in [5, 5.41) is 3.26. The molecule has 118 valence electrons. The van der Waals surface area contributed by atoms with Gasteiger partial charge in [-0.3, -0.25) is 14.5 Å². The first-order valence-electron chi connectivity index (χ1n) is 8.17. The number of carbonyl (C=O) groups excluding carboxylic acids is 2. The van der Waals surface area contributed by atoms with Crippen LogP contribution in [-0.4, -0.2) is 84.9 Å². The Morgan fingerprint density at radius 1 is 0.905 bits per heavy atom. The summed E-state index contributed by atoms with van der Waals surface area (Å²) in [6.45, 7) is 4.48. The average Bonchev–Trinajstić information content (AvgIpc) is 2.67. The Kier molecular flexibility index (Phi) is 4.45. The Bertz CT molecular complexity index is 406. The molecule has 21 heavy (non-hydrogen) atoms. The molecule has 2 unspecified atom stereocenters. The zero-order chi connectivity index (χ0) is 14.8. The summed E-state index contributed by atoms with van der Waals surface area (Å²) in [6.07, 6.45) is 4.29. The van der Waals surface area contributed by atoms with Gasteiger partial charge in [-0.1, -0.05) is 0 Å². The minimum atomic E-state index is -0.306. The maximum absolute atomic E-state index is 12.5. The molecule has 2 bridgehead atoms. The fourth-order valence-electron chi connectivity index (χ4n) is 3.81. The summed E-state index contributed by atoms with van der Waals surface area (Å²) in [7, 11) is 2.15. The Morgan fingerprint density at radius 3 is 2.52 bits per heavy atom. The third kappa shape index (κ3) is 3.06. The molecule has 0 radical (unpaired) electrons. The van der Waals surface area contributed by atoms with Gasteiger partial charge in [0.05, 0.1) is 0 Å². The van der Waals surface area contributed by atoms with E-state index in [9.17, 15) is 9.59 Å². The van der Waals surface area contributed by atoms with Crippen LogP contribution in [0.15, 0.2) is 0 Å². The van der Waals surface area contributed by atoms with Crippen LogP contribution in [0.1, 0.15) is 25.7 Å². The van der Waals surface area contributed by atoms with Crippen LogP contribution in [-0.2, 0) is 9.59 Å². The normalized spacial score (nSPS) is 30.9. The summed E-state index contributed by atoms with van der Waals surface area (Å²) in [5.41, 5.74) is 0. The summed E-state index contributed by atoms with van der Waals surface area (Å²) in [6, 6.07) is 1.02. The largest absolute Gasteiger partial charge is 0.333 e. The highest BCUT2D eigenvalue weighted by Crippen LogP contribution is 2.28. The van der Waals surface area contributed by atoms with Gasteiger partial charge in [0, 0.05) is 44.8 Å². The predicted octanol–water partition coefficient (Wildman–Crippen LogP) is -0.497. The lowest BCUT2D eigenvalue weighted by Gasteiger charge is -2.27. The monoisotopic (exact) mass is 294 g/mol. The van der Waals surface area contributed by atoms with E-state index in [1.165, 1.54) is 6.42 Å². The molecule has 3 saturated heterocycles. The van der Waals surface area contributed by atoms with Crippen LogP contribution in [0.4, 0.5) is 0 Å². The number of likely N-dealkylation sites (tertiary alicyclic amines) is 1. The van der Waals surface area contributed by atoms with Crippen molar-refractivity contribution < 1.29 is 9.59 Å². The predicted molar refractivity (Wildman–Crippen MR) is 79.8 cm³/mol. The van der Waals surface area contributed by atoms with E-state index in [-0.39, 0.29) is 11.8 Å². The first kappa shape index (κ1) is 14.8. The Labute approximate surface area is 126 Å². The molecule has 2 amide bonds. The first-order chi connectivity index (χ1) is 10.2. The number of likely N-dealkylation sites (N-methyl/N-ethyl adjacent to an activating group) is 1. The second-order valence-electron chi connectivity index (χ2n) is 6.49. The zero-order valence-corrected chi connectivity index (χ0v) is 12.9. The van der Waals surface area contributed by atoms with Gasteiger partial charge in [-0.05, 0) is 39.3 Å². The highest BCUT2D eigenvalue weighted by Gasteiger charge is 2.38. The van der Waals surface area contributed by atoms with Gasteiger partial charge in [-0.2, -0.15) is 0 Å². The van der Waals surface area contributed by atoms with Crippen LogP contribution >= 0.6 is 0 Å². The molecule has 0 aliphatic carbocycles. The lowest BCUT2D eigenvalue weighted by Crippen LogP contribution is -2.48. The fraction of sp³-hybridized carbons (Fsp3) is 0.867. The van der Waals surface area contributed by atoms with Gasteiger partial charge in [-0.25, -0.2) is 0 Å². The third-order valence-electron chi connectivity index (χ3n) is 5.25. The molecule has 3 aliphatic heterocycles. The number of nitrogens with zero attached hydrogens (tertiary/aromatic N) is 3. The van der Waals surface area contributed by atoms with Crippen molar-refractivity contribution in [2.45, 2.75) is 37.8 Å². The molecule has 3 rings (SSSR count). The van der Waals surface area contributed by atoms with E-state index in [1.54, 1.807) is 9.80 Å². The molecular formula is C15H26N4O2. The van der Waals surface area contributed by atoms with E-state index < -0.39 is 0 Å². The second kappa shape index (κ2) is 6.32. The number of hydrogen-bond donors (Lipinski definition) is 1. The van der Waals surface area contributed by atoms with Crippen LogP contribution in [0.2, 0.25) is 0 Å². The lowest BCUT2D eigenvalue weighted by atomic mass is 10.1. The molecule has 0 saturated carbocycles. The molecule has 3 aliphatic rings. The maximum atomic E-state index is 12.5. The van der Waals surface area contributed by atoms with E-state index in [2.05, 4.69) is 17.3 Å². The molecule has 1 N–H and O–H groups in total. The number of nitrogens with one attached hydrogen (secondary N) is 1. The minimum Gasteiger partial charge on any atom is -0.333 e. The first-order valence-corrected chi connectivity index (χ1v) is 8.17. The van der Waals surface area contributed by atoms with Gasteiger partial charge < -0.3 is 15.1 Å². The maximum Gasteiger partial charge on any atom is 0.312 e. The minimum absolute atomic E-state index is 0.294. The van der Waals surface area contributed by atoms with Crippen molar-refractivity contribution in [3.8, 4) is 0 Å². The highest BCUT2D eigenvalue weighted by atomic mass is 16.2. The van der Waals surface area contributed by atoms with Crippen molar-refractivity contribution in [3.63, 3.8) is 0 Å². The van der Waals surface area contributed by atoms with Crippen LogP contribution in [0.3, 0.4) is 0 Å². The van der Waals surface area contributed by atoms with Crippen molar-refractivity contribution in [3.05, 3.63) is 0 Å². The van der Waals surface area contributed by atoms with Gasteiger partial charge in [-0.15, -0.1) is 0 Å². The topological polar surface area (TPSA) is 55.9 Å². The number of fused-ring (bicyclic) bond motifs is 2. The number of carbonyl (C=O) groups is 2. The SMILES string of the molecule is CN1C2CCC1CN(C(=O)C(=O)N1CCCNCC1)CC2. The summed E-state index contributed by atoms with van der Waals surface area (Å²) >= 11 is 0. The van der Waals surface area contributed by atoms with Crippen molar-refractivity contribution in [1.29, 1.82) is 0 Å². The molecule has 2 atom stereocenters. The van der Waals surface area contributed by atoms with Gasteiger partial charge in [0.1, 0.15) is 0 Å². The smallest absolute Gasteiger partial charge is 0.312 e. The molecule has 0 aromatic carbocycles. The zero-order valence-electron chi connectivity index (χ0n) is 12.9. The van der Waals surface area contributed by atoms with E-state index in [1.807, 2.05) is 0 Å². The van der Waals surface area contributed by atoms with Crippen molar-refractivity contribution in [2.75, 3.05) is 46.3 Å². The van der Waals surface area contributed by atoms with E-state index >= 15 is 0 Å². The Balaban J connectivity index is 1.63. The Morgan fingerprint density at radius 2 is 1.67 bits per heavy atom. The summed E-state index contributed by atoms with van der Waals surface area (Å²) < 4.78 is 0. The number of rotatable bonds is 0. The van der Waals surface area contributed by atoms with Crippen molar-refractivity contribution >= 4 is 11.8 Å². The molecule has 6 heteroatoms. The lowest BCUT2D eigenvalue weighted by molar-refractivity contribution is -0.151. The fourth-order valence-corrected chi connectivity index (χ4v) is 3.81. The molecule has 0 spiro atoms. The molecule has 3 heterocycles. The van der Waals surface area contributed by atoms with E-state index in [4.69, 9.17) is 0 Å². The van der Waals surface area contributed by atoms with Gasteiger partial charge >= 0.3 is 11.8 Å². The molecule has 6 nitrogen and oxygen atoms in total.